The van der Waals surface area contributed by atoms with Crippen LogP contribution in [0.3, 0.4) is 0 Å². The number of carbonyl (C=O) groups is 1. The maximum atomic E-state index is 12.0. The predicted molar refractivity (Wildman–Crippen MR) is 117 cm³/mol. The number of benzene rings is 1. The number of nitrogens with zero attached hydrogens (tertiary/aromatic N) is 5. The first-order valence-electron chi connectivity index (χ1n) is 10.1. The Morgan fingerprint density at radius 2 is 2.03 bits per heavy atom. The lowest BCUT2D eigenvalue weighted by Crippen LogP contribution is -2.52. The summed E-state index contributed by atoms with van der Waals surface area (Å²) in [5.74, 6) is 0.863. The fourth-order valence-corrected chi connectivity index (χ4v) is 3.43. The summed E-state index contributed by atoms with van der Waals surface area (Å²) in [6.45, 7) is 5.50. The molecule has 3 rings (SSSR count). The van der Waals surface area contributed by atoms with E-state index in [2.05, 4.69) is 30.6 Å². The zero-order valence-corrected chi connectivity index (χ0v) is 18.0. The third-order valence-electron chi connectivity index (χ3n) is 4.88. The van der Waals surface area contributed by atoms with Gasteiger partial charge in [0.15, 0.2) is 5.96 Å². The molecule has 0 unspecified atom stereocenters. The third-order valence-corrected chi connectivity index (χ3v) is 4.88. The Labute approximate surface area is 177 Å². The summed E-state index contributed by atoms with van der Waals surface area (Å²) in [4.78, 5) is 22.9. The van der Waals surface area contributed by atoms with Gasteiger partial charge < -0.3 is 25.0 Å². The van der Waals surface area contributed by atoms with E-state index in [0.717, 1.165) is 55.6 Å². The minimum atomic E-state index is -0.0237. The molecule has 1 aliphatic rings. The van der Waals surface area contributed by atoms with E-state index in [1.165, 1.54) is 0 Å². The number of rotatable bonds is 7. The summed E-state index contributed by atoms with van der Waals surface area (Å²) >= 11 is 0. The Hall–Kier alpha value is -2.91. The van der Waals surface area contributed by atoms with Gasteiger partial charge in [-0.25, -0.2) is 0 Å². The third kappa shape index (κ3) is 6.57. The summed E-state index contributed by atoms with van der Waals surface area (Å²) in [7, 11) is 5.56. The van der Waals surface area contributed by atoms with Crippen molar-refractivity contribution in [3.8, 4) is 0 Å². The SMILES string of the molecule is CN=C(NCc1cccc(NC(=O)CN(C)C)c1)N1CCN(Cc2ccon2)CC1. The van der Waals surface area contributed by atoms with Gasteiger partial charge in [0.25, 0.3) is 0 Å². The molecule has 2 aromatic rings. The first-order valence-corrected chi connectivity index (χ1v) is 10.1. The van der Waals surface area contributed by atoms with Gasteiger partial charge in [0.05, 0.1) is 12.2 Å². The van der Waals surface area contributed by atoms with E-state index in [1.807, 2.05) is 56.4 Å². The van der Waals surface area contributed by atoms with Crippen molar-refractivity contribution in [2.75, 3.05) is 59.2 Å². The summed E-state index contributed by atoms with van der Waals surface area (Å²) in [5.41, 5.74) is 2.85. The topological polar surface area (TPSA) is 89.2 Å². The first kappa shape index (κ1) is 21.8. The highest BCUT2D eigenvalue weighted by molar-refractivity contribution is 5.92. The molecule has 0 spiro atoms. The number of guanidine groups is 1. The first-order chi connectivity index (χ1) is 14.5. The molecule has 1 aliphatic heterocycles. The molecular weight excluding hydrogens is 382 g/mol. The second-order valence-corrected chi connectivity index (χ2v) is 7.64. The molecular formula is C21H31N7O2. The lowest BCUT2D eigenvalue weighted by Gasteiger charge is -2.36. The molecule has 0 atom stereocenters. The molecule has 1 saturated heterocycles. The molecule has 2 heterocycles. The largest absolute Gasteiger partial charge is 0.364 e. The number of piperazine rings is 1. The Kier molecular flexibility index (Phi) is 7.81. The lowest BCUT2D eigenvalue weighted by molar-refractivity contribution is -0.116. The van der Waals surface area contributed by atoms with Crippen molar-refractivity contribution >= 4 is 17.6 Å². The number of likely N-dealkylation sites (N-methyl/N-ethyl adjacent to an activating group) is 1. The van der Waals surface area contributed by atoms with Crippen LogP contribution in [0.15, 0.2) is 46.1 Å². The number of hydrogen-bond acceptors (Lipinski definition) is 6. The van der Waals surface area contributed by atoms with Crippen LogP contribution in [0.25, 0.3) is 0 Å². The van der Waals surface area contributed by atoms with Crippen LogP contribution in [0.5, 0.6) is 0 Å². The Morgan fingerprint density at radius 1 is 1.23 bits per heavy atom. The van der Waals surface area contributed by atoms with Crippen molar-refractivity contribution in [1.29, 1.82) is 0 Å². The Balaban J connectivity index is 1.47. The number of aliphatic imine (C=N–C) groups is 1. The maximum absolute atomic E-state index is 12.0. The van der Waals surface area contributed by atoms with Crippen molar-refractivity contribution < 1.29 is 9.32 Å². The Bertz CT molecular complexity index is 828. The standard InChI is InChI=1S/C21H31N7O2/c1-22-21(28-10-8-27(9-11-28)15-19-7-12-30-25-19)23-14-17-5-4-6-18(13-17)24-20(29)16-26(2)3/h4-7,12-13H,8-11,14-16H2,1-3H3,(H,22,23)(H,24,29). The van der Waals surface area contributed by atoms with Gasteiger partial charge in [0.1, 0.15) is 6.26 Å². The fraction of sp³-hybridized carbons (Fsp3) is 0.476. The van der Waals surface area contributed by atoms with E-state index < -0.39 is 0 Å². The van der Waals surface area contributed by atoms with Crippen LogP contribution >= 0.6 is 0 Å². The van der Waals surface area contributed by atoms with Crippen LogP contribution in [0, 0.1) is 0 Å². The number of carbonyl (C=O) groups excluding carboxylic acids is 1. The van der Waals surface area contributed by atoms with Crippen molar-refractivity contribution in [3.05, 3.63) is 47.9 Å². The van der Waals surface area contributed by atoms with E-state index in [9.17, 15) is 4.79 Å². The van der Waals surface area contributed by atoms with E-state index >= 15 is 0 Å². The smallest absolute Gasteiger partial charge is 0.238 e. The van der Waals surface area contributed by atoms with Gasteiger partial charge in [-0.3, -0.25) is 14.7 Å². The zero-order valence-electron chi connectivity index (χ0n) is 18.0. The summed E-state index contributed by atoms with van der Waals surface area (Å²) in [6.07, 6.45) is 1.61. The normalized spacial score (nSPS) is 15.5. The van der Waals surface area contributed by atoms with Gasteiger partial charge in [-0.2, -0.15) is 0 Å². The van der Waals surface area contributed by atoms with Crippen LogP contribution in [0.2, 0.25) is 0 Å². The molecule has 0 bridgehead atoms. The van der Waals surface area contributed by atoms with Crippen molar-refractivity contribution in [3.63, 3.8) is 0 Å². The number of nitrogens with one attached hydrogen (secondary N) is 2. The molecule has 162 valence electrons. The van der Waals surface area contributed by atoms with Gasteiger partial charge in [0, 0.05) is 58.1 Å². The van der Waals surface area contributed by atoms with Crippen LogP contribution < -0.4 is 10.6 Å². The minimum Gasteiger partial charge on any atom is -0.364 e. The molecule has 9 nitrogen and oxygen atoms in total. The monoisotopic (exact) mass is 413 g/mol. The summed E-state index contributed by atoms with van der Waals surface area (Å²) in [5, 5.41) is 10.4. The second-order valence-electron chi connectivity index (χ2n) is 7.64. The number of amides is 1. The van der Waals surface area contributed by atoms with Crippen LogP contribution in [-0.2, 0) is 17.9 Å². The van der Waals surface area contributed by atoms with Gasteiger partial charge in [-0.15, -0.1) is 0 Å². The highest BCUT2D eigenvalue weighted by atomic mass is 16.5. The van der Waals surface area contributed by atoms with E-state index in [0.29, 0.717) is 13.1 Å². The number of hydrogen-bond donors (Lipinski definition) is 2. The van der Waals surface area contributed by atoms with Crippen LogP contribution in [-0.4, -0.2) is 85.6 Å². The number of anilines is 1. The van der Waals surface area contributed by atoms with Crippen molar-refractivity contribution in [2.45, 2.75) is 13.1 Å². The molecule has 1 aromatic heterocycles. The van der Waals surface area contributed by atoms with Gasteiger partial charge in [0.2, 0.25) is 5.91 Å². The predicted octanol–water partition coefficient (Wildman–Crippen LogP) is 1.07. The zero-order chi connectivity index (χ0) is 21.3. The molecule has 1 amide bonds. The second kappa shape index (κ2) is 10.7. The van der Waals surface area contributed by atoms with Crippen LogP contribution in [0.1, 0.15) is 11.3 Å². The molecule has 1 fully saturated rings. The van der Waals surface area contributed by atoms with E-state index in [-0.39, 0.29) is 5.91 Å². The average Bonchev–Trinajstić information content (AvgIpc) is 3.22. The van der Waals surface area contributed by atoms with Crippen molar-refractivity contribution in [1.82, 2.24) is 25.2 Å². The van der Waals surface area contributed by atoms with Gasteiger partial charge in [-0.1, -0.05) is 17.3 Å². The van der Waals surface area contributed by atoms with Gasteiger partial charge in [-0.05, 0) is 31.8 Å². The molecule has 1 aromatic carbocycles. The van der Waals surface area contributed by atoms with E-state index in [4.69, 9.17) is 4.52 Å². The van der Waals surface area contributed by atoms with Crippen molar-refractivity contribution in [2.24, 2.45) is 4.99 Å². The molecule has 0 radical (unpaired) electrons. The molecule has 30 heavy (non-hydrogen) atoms. The average molecular weight is 414 g/mol. The number of aromatic nitrogens is 1. The van der Waals surface area contributed by atoms with E-state index in [1.54, 1.807) is 6.26 Å². The highest BCUT2D eigenvalue weighted by Crippen LogP contribution is 2.11. The molecule has 2 N–H and O–H groups in total. The molecule has 0 aliphatic carbocycles. The van der Waals surface area contributed by atoms with Crippen LogP contribution in [0.4, 0.5) is 5.69 Å². The quantitative estimate of drug-likeness (QED) is 0.518. The minimum absolute atomic E-state index is 0.0237. The maximum Gasteiger partial charge on any atom is 0.238 e. The summed E-state index contributed by atoms with van der Waals surface area (Å²) in [6, 6.07) is 9.79. The highest BCUT2D eigenvalue weighted by Gasteiger charge is 2.20. The lowest BCUT2D eigenvalue weighted by atomic mass is 10.2. The molecule has 9 heteroatoms. The molecule has 0 saturated carbocycles. The van der Waals surface area contributed by atoms with Gasteiger partial charge >= 0.3 is 0 Å². The summed E-state index contributed by atoms with van der Waals surface area (Å²) < 4.78 is 4.91. The fourth-order valence-electron chi connectivity index (χ4n) is 3.43. The Morgan fingerprint density at radius 3 is 2.70 bits per heavy atom.